The number of hydrogen-bond acceptors (Lipinski definition) is 3. The Kier molecular flexibility index (Phi) is 3.33. The van der Waals surface area contributed by atoms with Crippen LogP contribution in [-0.4, -0.2) is 41.3 Å². The molecule has 1 rings (SSSR count). The number of methoxy groups -OCH3 is 1. The lowest BCUT2D eigenvalue weighted by Crippen LogP contribution is -2.44. The summed E-state index contributed by atoms with van der Waals surface area (Å²) in [5.74, 6) is -0.952. The normalized spacial score (nSPS) is 26.3. The van der Waals surface area contributed by atoms with E-state index in [1.54, 1.807) is 0 Å². The van der Waals surface area contributed by atoms with Crippen LogP contribution >= 0.6 is 0 Å². The van der Waals surface area contributed by atoms with E-state index in [0.29, 0.717) is 6.42 Å². The summed E-state index contributed by atoms with van der Waals surface area (Å²) in [6, 6.07) is -0.712. The molecule has 1 saturated heterocycles. The second-order valence-corrected chi connectivity index (χ2v) is 3.37. The summed E-state index contributed by atoms with van der Waals surface area (Å²) in [6.45, 7) is 1.94. The summed E-state index contributed by atoms with van der Waals surface area (Å²) < 4.78 is 4.57. The zero-order valence-electron chi connectivity index (χ0n) is 8.40. The maximum absolute atomic E-state index is 11.3. The Morgan fingerprint density at radius 3 is 2.57 bits per heavy atom. The van der Waals surface area contributed by atoms with Crippen LogP contribution in [0.15, 0.2) is 0 Å². The van der Waals surface area contributed by atoms with E-state index in [0.717, 1.165) is 12.8 Å². The fraction of sp³-hybridized carbons (Fsp3) is 0.778. The van der Waals surface area contributed by atoms with E-state index < -0.39 is 18.1 Å². The minimum absolute atomic E-state index is 0.00329. The first-order valence-electron chi connectivity index (χ1n) is 4.70. The highest BCUT2D eigenvalue weighted by Crippen LogP contribution is 2.26. The topological polar surface area (TPSA) is 66.8 Å². The molecule has 1 fully saturated rings. The third kappa shape index (κ3) is 1.81. The highest BCUT2D eigenvalue weighted by molar-refractivity contribution is 5.81. The molecule has 0 aromatic heterocycles. The number of carbonyl (C=O) groups excluding carboxylic acids is 1. The number of nitrogens with zero attached hydrogens (tertiary/aromatic N) is 1. The van der Waals surface area contributed by atoms with Gasteiger partial charge in [0.05, 0.1) is 7.11 Å². The van der Waals surface area contributed by atoms with E-state index in [4.69, 9.17) is 5.11 Å². The lowest BCUT2D eigenvalue weighted by atomic mass is 10.1. The van der Waals surface area contributed by atoms with Gasteiger partial charge in [-0.1, -0.05) is 6.92 Å². The molecular weight excluding hydrogens is 186 g/mol. The van der Waals surface area contributed by atoms with Crippen LogP contribution < -0.4 is 0 Å². The second kappa shape index (κ2) is 4.30. The van der Waals surface area contributed by atoms with Crippen molar-refractivity contribution >= 4 is 12.1 Å². The Bertz CT molecular complexity index is 241. The Labute approximate surface area is 82.6 Å². The van der Waals surface area contributed by atoms with Crippen molar-refractivity contribution < 1.29 is 19.4 Å². The van der Waals surface area contributed by atoms with Crippen molar-refractivity contribution in [3.05, 3.63) is 0 Å². The molecule has 1 aliphatic rings. The molecule has 0 radical (unpaired) electrons. The highest BCUT2D eigenvalue weighted by atomic mass is 16.5. The molecule has 0 aromatic rings. The molecule has 1 N–H and O–H groups in total. The van der Waals surface area contributed by atoms with Crippen LogP contribution in [0, 0.1) is 0 Å². The number of carbonyl (C=O) groups is 2. The number of rotatable bonds is 2. The van der Waals surface area contributed by atoms with Crippen molar-refractivity contribution in [2.45, 2.75) is 38.3 Å². The quantitative estimate of drug-likeness (QED) is 0.726. The van der Waals surface area contributed by atoms with Crippen molar-refractivity contribution in [1.82, 2.24) is 4.90 Å². The maximum atomic E-state index is 11.3. The van der Waals surface area contributed by atoms with Gasteiger partial charge in [-0.2, -0.15) is 0 Å². The lowest BCUT2D eigenvalue weighted by molar-refractivity contribution is -0.142. The first-order valence-corrected chi connectivity index (χ1v) is 4.70. The standard InChI is InChI=1S/C9H15NO4/c1-3-6-4-5-7(8(11)12)10(6)9(13)14-2/h6-7H,3-5H2,1-2H3,(H,11,12). The van der Waals surface area contributed by atoms with Crippen LogP contribution in [0.4, 0.5) is 4.79 Å². The fourth-order valence-corrected chi connectivity index (χ4v) is 1.91. The maximum Gasteiger partial charge on any atom is 0.410 e. The summed E-state index contributed by atoms with van der Waals surface area (Å²) >= 11 is 0. The van der Waals surface area contributed by atoms with E-state index >= 15 is 0 Å². The summed E-state index contributed by atoms with van der Waals surface area (Å²) in [4.78, 5) is 23.5. The molecule has 2 unspecified atom stereocenters. The van der Waals surface area contributed by atoms with Gasteiger partial charge in [0.2, 0.25) is 0 Å². The van der Waals surface area contributed by atoms with Gasteiger partial charge in [-0.25, -0.2) is 9.59 Å². The number of carboxylic acid groups (broad SMARTS) is 1. The molecule has 0 spiro atoms. The summed E-state index contributed by atoms with van der Waals surface area (Å²) in [5.41, 5.74) is 0. The summed E-state index contributed by atoms with van der Waals surface area (Å²) in [6.07, 6.45) is 1.48. The predicted octanol–water partition coefficient (Wildman–Crippen LogP) is 1.08. The number of ether oxygens (including phenoxy) is 1. The van der Waals surface area contributed by atoms with Crippen molar-refractivity contribution in [2.24, 2.45) is 0 Å². The highest BCUT2D eigenvalue weighted by Gasteiger charge is 2.40. The van der Waals surface area contributed by atoms with E-state index in [1.165, 1.54) is 12.0 Å². The van der Waals surface area contributed by atoms with E-state index in [9.17, 15) is 9.59 Å². The minimum atomic E-state index is -0.952. The average Bonchev–Trinajstić information content (AvgIpc) is 2.59. The van der Waals surface area contributed by atoms with Gasteiger partial charge >= 0.3 is 12.1 Å². The van der Waals surface area contributed by atoms with E-state index in [1.807, 2.05) is 6.92 Å². The monoisotopic (exact) mass is 201 g/mol. The van der Waals surface area contributed by atoms with Gasteiger partial charge in [-0.05, 0) is 19.3 Å². The van der Waals surface area contributed by atoms with Gasteiger partial charge in [0, 0.05) is 6.04 Å². The number of amides is 1. The molecule has 0 saturated carbocycles. The predicted molar refractivity (Wildman–Crippen MR) is 49.0 cm³/mol. The van der Waals surface area contributed by atoms with Crippen LogP contribution in [0.25, 0.3) is 0 Å². The summed E-state index contributed by atoms with van der Waals surface area (Å²) in [7, 11) is 1.27. The molecule has 1 amide bonds. The second-order valence-electron chi connectivity index (χ2n) is 3.37. The molecular formula is C9H15NO4. The minimum Gasteiger partial charge on any atom is -0.480 e. The van der Waals surface area contributed by atoms with E-state index in [-0.39, 0.29) is 6.04 Å². The molecule has 14 heavy (non-hydrogen) atoms. The molecule has 2 atom stereocenters. The molecule has 5 heteroatoms. The van der Waals surface area contributed by atoms with Crippen LogP contribution in [0.2, 0.25) is 0 Å². The average molecular weight is 201 g/mol. The Hall–Kier alpha value is -1.26. The third-order valence-corrected chi connectivity index (χ3v) is 2.64. The molecule has 5 nitrogen and oxygen atoms in total. The van der Waals surface area contributed by atoms with Gasteiger partial charge < -0.3 is 9.84 Å². The largest absolute Gasteiger partial charge is 0.480 e. The first kappa shape index (κ1) is 10.8. The fourth-order valence-electron chi connectivity index (χ4n) is 1.91. The van der Waals surface area contributed by atoms with Crippen LogP contribution in [-0.2, 0) is 9.53 Å². The van der Waals surface area contributed by atoms with Crippen LogP contribution in [0.3, 0.4) is 0 Å². The van der Waals surface area contributed by atoms with Gasteiger partial charge in [-0.15, -0.1) is 0 Å². The number of likely N-dealkylation sites (tertiary alicyclic amines) is 1. The van der Waals surface area contributed by atoms with Crippen molar-refractivity contribution in [1.29, 1.82) is 0 Å². The Morgan fingerprint density at radius 2 is 2.14 bits per heavy atom. The SMILES string of the molecule is CCC1CCC(C(=O)O)N1C(=O)OC. The number of carboxylic acids is 1. The van der Waals surface area contributed by atoms with Crippen molar-refractivity contribution in [3.63, 3.8) is 0 Å². The zero-order chi connectivity index (χ0) is 10.7. The first-order chi connectivity index (χ1) is 6.61. The smallest absolute Gasteiger partial charge is 0.410 e. The molecule has 1 heterocycles. The molecule has 80 valence electrons. The van der Waals surface area contributed by atoms with Gasteiger partial charge in [-0.3, -0.25) is 4.90 Å². The number of aliphatic carboxylic acids is 1. The lowest BCUT2D eigenvalue weighted by Gasteiger charge is -2.25. The van der Waals surface area contributed by atoms with Gasteiger partial charge in [0.1, 0.15) is 6.04 Å². The van der Waals surface area contributed by atoms with Crippen LogP contribution in [0.1, 0.15) is 26.2 Å². The van der Waals surface area contributed by atoms with Gasteiger partial charge in [0.15, 0.2) is 0 Å². The van der Waals surface area contributed by atoms with Gasteiger partial charge in [0.25, 0.3) is 0 Å². The van der Waals surface area contributed by atoms with E-state index in [2.05, 4.69) is 4.74 Å². The van der Waals surface area contributed by atoms with Crippen molar-refractivity contribution in [3.8, 4) is 0 Å². The molecule has 0 aliphatic carbocycles. The Balaban J connectivity index is 2.80. The summed E-state index contributed by atoms with van der Waals surface area (Å²) in [5, 5.41) is 8.89. The third-order valence-electron chi connectivity index (χ3n) is 2.64. The molecule has 1 aliphatic heterocycles. The number of hydrogen-bond donors (Lipinski definition) is 1. The molecule has 0 bridgehead atoms. The zero-order valence-corrected chi connectivity index (χ0v) is 8.40. The molecule has 0 aromatic carbocycles. The van der Waals surface area contributed by atoms with Crippen molar-refractivity contribution in [2.75, 3.05) is 7.11 Å². The van der Waals surface area contributed by atoms with Crippen LogP contribution in [0.5, 0.6) is 0 Å². The Morgan fingerprint density at radius 1 is 1.50 bits per heavy atom.